The number of aromatic nitrogens is 3. The van der Waals surface area contributed by atoms with Crippen LogP contribution in [0, 0.1) is 11.6 Å². The van der Waals surface area contributed by atoms with E-state index in [2.05, 4.69) is 26.0 Å². The summed E-state index contributed by atoms with van der Waals surface area (Å²) in [7, 11) is 1.55. The Labute approximate surface area is 222 Å². The molecule has 0 spiro atoms. The topological polar surface area (TPSA) is 101 Å². The fraction of sp³-hybridized carbons (Fsp3) is 0.185. The highest BCUT2D eigenvalue weighted by molar-refractivity contribution is 7.99. The molecule has 4 aromatic rings. The van der Waals surface area contributed by atoms with Gasteiger partial charge in [-0.15, -0.1) is 0 Å². The van der Waals surface area contributed by atoms with Crippen molar-refractivity contribution in [3.8, 4) is 5.69 Å². The maximum absolute atomic E-state index is 13.9. The molecular weight excluding hydrogens is 510 g/mol. The molecule has 38 heavy (non-hydrogen) atoms. The van der Waals surface area contributed by atoms with Crippen LogP contribution in [0.15, 0.2) is 76.7 Å². The maximum atomic E-state index is 13.9. The number of carbonyl (C=O) groups excluding carboxylic acids is 2. The van der Waals surface area contributed by atoms with Gasteiger partial charge in [-0.2, -0.15) is 5.10 Å². The average molecular weight is 537 g/mol. The monoisotopic (exact) mass is 536 g/mol. The lowest BCUT2D eigenvalue weighted by Crippen LogP contribution is -2.21. The van der Waals surface area contributed by atoms with Crippen LogP contribution in [-0.2, 0) is 5.41 Å². The van der Waals surface area contributed by atoms with Crippen LogP contribution in [0.3, 0.4) is 0 Å². The second-order valence-corrected chi connectivity index (χ2v) is 10.5. The highest BCUT2D eigenvalue weighted by Gasteiger charge is 2.22. The van der Waals surface area contributed by atoms with E-state index in [1.54, 1.807) is 43.6 Å². The number of hydrogen-bond donors (Lipinski definition) is 3. The molecule has 11 heteroatoms. The minimum atomic E-state index is -0.752. The van der Waals surface area contributed by atoms with Crippen molar-refractivity contribution in [3.63, 3.8) is 0 Å². The van der Waals surface area contributed by atoms with E-state index in [0.717, 1.165) is 28.0 Å². The van der Waals surface area contributed by atoms with Gasteiger partial charge in [0.05, 0.1) is 11.4 Å². The van der Waals surface area contributed by atoms with E-state index >= 15 is 0 Å². The zero-order valence-electron chi connectivity index (χ0n) is 21.2. The third-order valence-electron chi connectivity index (χ3n) is 5.35. The minimum absolute atomic E-state index is 0.144. The lowest BCUT2D eigenvalue weighted by Gasteiger charge is -2.14. The van der Waals surface area contributed by atoms with Gasteiger partial charge in [0.2, 0.25) is 0 Å². The number of nitrogens with one attached hydrogen (secondary N) is 3. The van der Waals surface area contributed by atoms with Crippen LogP contribution in [0.25, 0.3) is 5.69 Å². The first-order valence-corrected chi connectivity index (χ1v) is 12.4. The van der Waals surface area contributed by atoms with Crippen molar-refractivity contribution in [3.05, 3.63) is 89.9 Å². The van der Waals surface area contributed by atoms with Gasteiger partial charge in [0.25, 0.3) is 5.91 Å². The number of amides is 3. The van der Waals surface area contributed by atoms with Gasteiger partial charge < -0.3 is 10.6 Å². The third-order valence-corrected chi connectivity index (χ3v) is 6.35. The molecular formula is C27H26F2N6O2S. The van der Waals surface area contributed by atoms with Crippen LogP contribution < -0.4 is 16.0 Å². The van der Waals surface area contributed by atoms with Crippen molar-refractivity contribution in [1.82, 2.24) is 20.1 Å². The van der Waals surface area contributed by atoms with Crippen LogP contribution >= 0.6 is 11.8 Å². The summed E-state index contributed by atoms with van der Waals surface area (Å²) in [6.45, 7) is 5.84. The molecule has 3 N–H and O–H groups in total. The molecule has 0 saturated carbocycles. The van der Waals surface area contributed by atoms with E-state index < -0.39 is 17.7 Å². The number of rotatable bonds is 6. The molecule has 2 aromatic heterocycles. The molecule has 0 fully saturated rings. The second-order valence-electron chi connectivity index (χ2n) is 9.37. The number of carbonyl (C=O) groups is 2. The molecule has 0 aliphatic heterocycles. The standard InChI is InChI=1S/C27H26F2N6O2S/c1-27(2,3)23-15-24(35(34-23)19-12-16(28)11-17(29)13-19)33-26(37)32-18-5-7-20(8-6-18)38-21-9-10-31-22(14-21)25(36)30-4/h5-15H,1-4H3,(H,30,36)(H2,32,33,37). The van der Waals surface area contributed by atoms with Crippen molar-refractivity contribution in [2.24, 2.45) is 0 Å². The van der Waals surface area contributed by atoms with E-state index in [-0.39, 0.29) is 22.8 Å². The van der Waals surface area contributed by atoms with Crippen molar-refractivity contribution in [1.29, 1.82) is 0 Å². The van der Waals surface area contributed by atoms with Crippen molar-refractivity contribution >= 4 is 35.2 Å². The minimum Gasteiger partial charge on any atom is -0.354 e. The van der Waals surface area contributed by atoms with Crippen molar-refractivity contribution < 1.29 is 18.4 Å². The zero-order valence-corrected chi connectivity index (χ0v) is 22.0. The Morgan fingerprint density at radius 2 is 1.58 bits per heavy atom. The highest BCUT2D eigenvalue weighted by atomic mass is 32.2. The Hall–Kier alpha value is -4.25. The molecule has 8 nitrogen and oxygen atoms in total. The quantitative estimate of drug-likeness (QED) is 0.281. The van der Waals surface area contributed by atoms with Gasteiger partial charge in [-0.3, -0.25) is 15.1 Å². The maximum Gasteiger partial charge on any atom is 0.324 e. The summed E-state index contributed by atoms with van der Waals surface area (Å²) >= 11 is 1.45. The molecule has 0 bridgehead atoms. The number of nitrogens with zero attached hydrogens (tertiary/aromatic N) is 3. The molecule has 0 atom stereocenters. The van der Waals surface area contributed by atoms with Crippen molar-refractivity contribution in [2.45, 2.75) is 36.0 Å². The fourth-order valence-electron chi connectivity index (χ4n) is 3.44. The summed E-state index contributed by atoms with van der Waals surface area (Å²) in [5.74, 6) is -1.51. The molecule has 2 aromatic carbocycles. The van der Waals surface area contributed by atoms with Crippen molar-refractivity contribution in [2.75, 3.05) is 17.7 Å². The molecule has 0 saturated heterocycles. The molecule has 0 unspecified atom stereocenters. The van der Waals surface area contributed by atoms with Gasteiger partial charge in [-0.05, 0) is 48.5 Å². The first-order chi connectivity index (χ1) is 18.0. The molecule has 3 amide bonds. The normalized spacial score (nSPS) is 11.2. The summed E-state index contributed by atoms with van der Waals surface area (Å²) in [5, 5.41) is 12.5. The SMILES string of the molecule is CNC(=O)c1cc(Sc2ccc(NC(=O)Nc3cc(C(C)(C)C)nn3-c3cc(F)cc(F)c3)cc2)ccn1. The Kier molecular flexibility index (Phi) is 7.77. The van der Waals surface area contributed by atoms with Crippen LogP contribution in [0.1, 0.15) is 37.0 Å². The summed E-state index contributed by atoms with van der Waals surface area (Å²) in [5.41, 5.74) is 1.27. The predicted molar refractivity (Wildman–Crippen MR) is 143 cm³/mol. The Morgan fingerprint density at radius 3 is 2.21 bits per heavy atom. The fourth-order valence-corrected chi connectivity index (χ4v) is 4.29. The van der Waals surface area contributed by atoms with E-state index in [0.29, 0.717) is 17.1 Å². The molecule has 2 heterocycles. The number of anilines is 2. The van der Waals surface area contributed by atoms with Gasteiger partial charge in [0, 0.05) is 46.3 Å². The van der Waals surface area contributed by atoms with Crippen LogP contribution in [0.4, 0.5) is 25.1 Å². The number of halogens is 2. The van der Waals surface area contributed by atoms with Gasteiger partial charge >= 0.3 is 6.03 Å². The van der Waals surface area contributed by atoms with E-state index in [9.17, 15) is 18.4 Å². The van der Waals surface area contributed by atoms with Gasteiger partial charge in [-0.1, -0.05) is 32.5 Å². The average Bonchev–Trinajstić information content (AvgIpc) is 3.28. The molecule has 0 aliphatic carbocycles. The van der Waals surface area contributed by atoms with Crippen LogP contribution in [0.5, 0.6) is 0 Å². The summed E-state index contributed by atoms with van der Waals surface area (Å²) in [4.78, 5) is 30.4. The van der Waals surface area contributed by atoms with Gasteiger partial charge in [-0.25, -0.2) is 18.3 Å². The van der Waals surface area contributed by atoms with Gasteiger partial charge in [0.1, 0.15) is 23.1 Å². The van der Waals surface area contributed by atoms with Gasteiger partial charge in [0.15, 0.2) is 0 Å². The number of hydrogen-bond acceptors (Lipinski definition) is 5. The molecule has 0 aliphatic rings. The number of urea groups is 1. The zero-order chi connectivity index (χ0) is 27.4. The summed E-state index contributed by atoms with van der Waals surface area (Å²) < 4.78 is 29.0. The van der Waals surface area contributed by atoms with E-state index in [1.165, 1.54) is 16.4 Å². The Bertz CT molecular complexity index is 1460. The van der Waals surface area contributed by atoms with E-state index in [4.69, 9.17) is 0 Å². The third kappa shape index (κ3) is 6.54. The van der Waals surface area contributed by atoms with Crippen LogP contribution in [0.2, 0.25) is 0 Å². The van der Waals surface area contributed by atoms with Crippen LogP contribution in [-0.4, -0.2) is 33.8 Å². The highest BCUT2D eigenvalue weighted by Crippen LogP contribution is 2.29. The summed E-state index contributed by atoms with van der Waals surface area (Å²) in [6.07, 6.45) is 1.57. The van der Waals surface area contributed by atoms with E-state index in [1.807, 2.05) is 32.9 Å². The lowest BCUT2D eigenvalue weighted by molar-refractivity contribution is 0.0958. The lowest BCUT2D eigenvalue weighted by atomic mass is 9.92. The largest absolute Gasteiger partial charge is 0.354 e. The summed E-state index contributed by atoms with van der Waals surface area (Å²) in [6, 6.07) is 14.8. The second kappa shape index (κ2) is 11.0. The first kappa shape index (κ1) is 26.8. The Morgan fingerprint density at radius 1 is 0.895 bits per heavy atom. The first-order valence-electron chi connectivity index (χ1n) is 11.6. The predicted octanol–water partition coefficient (Wildman–Crippen LogP) is 6.00. The Balaban J connectivity index is 1.48. The smallest absolute Gasteiger partial charge is 0.324 e. The molecule has 4 rings (SSSR count). The molecule has 0 radical (unpaired) electrons. The number of pyridine rings is 1. The number of benzene rings is 2. The molecule has 196 valence electrons.